The van der Waals surface area contributed by atoms with E-state index in [9.17, 15) is 42.6 Å². The van der Waals surface area contributed by atoms with Crippen molar-refractivity contribution in [3.8, 4) is 0 Å². The Hall–Kier alpha value is -5.64. The fraction of sp³-hybridized carbons (Fsp3) is 0.395. The lowest BCUT2D eigenvalue weighted by Crippen LogP contribution is -2.71. The van der Waals surface area contributed by atoms with Crippen LogP contribution in [0, 0.1) is 12.8 Å². The van der Waals surface area contributed by atoms with Crippen LogP contribution in [-0.2, 0) is 56.3 Å². The van der Waals surface area contributed by atoms with Crippen LogP contribution in [0.15, 0.2) is 88.5 Å². The van der Waals surface area contributed by atoms with E-state index in [2.05, 4.69) is 32.7 Å². The number of aryl methyl sites for hydroxylation is 1. The number of sulfone groups is 1. The first-order valence-corrected chi connectivity index (χ1v) is 23.2. The zero-order valence-corrected chi connectivity index (χ0v) is 36.9. The highest BCUT2D eigenvalue weighted by Crippen LogP contribution is 2.42. The maximum atomic E-state index is 15.3. The van der Waals surface area contributed by atoms with Gasteiger partial charge in [0, 0.05) is 36.0 Å². The van der Waals surface area contributed by atoms with Crippen molar-refractivity contribution in [3.05, 3.63) is 111 Å². The van der Waals surface area contributed by atoms with Gasteiger partial charge in [0.15, 0.2) is 4.87 Å². The summed E-state index contributed by atoms with van der Waals surface area (Å²) in [5.41, 5.74) is 8.64. The summed E-state index contributed by atoms with van der Waals surface area (Å²) in [7, 11) is -4.43. The fourth-order valence-corrected chi connectivity index (χ4v) is 10.2. The molecule has 0 aromatic heterocycles. The van der Waals surface area contributed by atoms with E-state index in [1.807, 2.05) is 37.3 Å². The van der Waals surface area contributed by atoms with E-state index in [1.165, 1.54) is 23.1 Å². The Morgan fingerprint density at radius 2 is 1.82 bits per heavy atom. The number of para-hydroxylation sites is 1. The van der Waals surface area contributed by atoms with Crippen LogP contribution in [0.1, 0.15) is 61.8 Å². The SMILES string of the molecule is C[Si][C@](NC(=O)[C@H](CCCC(=O)O)NC(=O)C1Cc2ccccc2N1)(C(=O)N1CCc2cc(C)ccc2[C@@]1(S)C(=O)N[C@H](/C=C/S(=O)(=O)C1=C=C=CC=C1)CC(=O)O)C(C)C. The zero-order chi connectivity index (χ0) is 44.7. The number of benzene rings is 2. The van der Waals surface area contributed by atoms with Gasteiger partial charge in [0.1, 0.15) is 22.2 Å². The molecule has 2 radical (unpaired) electrons. The van der Waals surface area contributed by atoms with Crippen molar-refractivity contribution in [2.75, 3.05) is 11.9 Å². The average molecular weight is 888 g/mol. The highest BCUT2D eigenvalue weighted by atomic mass is 32.2. The Kier molecular flexibility index (Phi) is 14.7. The van der Waals surface area contributed by atoms with Crippen LogP contribution in [0.5, 0.6) is 0 Å². The molecule has 1 aliphatic carbocycles. The average Bonchev–Trinajstić information content (AvgIpc) is 3.66. The molecule has 18 heteroatoms. The molecule has 2 heterocycles. The normalized spacial score (nSPS) is 19.8. The minimum Gasteiger partial charge on any atom is -0.481 e. The van der Waals surface area contributed by atoms with Gasteiger partial charge in [-0.1, -0.05) is 74.2 Å². The van der Waals surface area contributed by atoms with Crippen LogP contribution in [0.3, 0.4) is 0 Å². The lowest BCUT2D eigenvalue weighted by atomic mass is 9.88. The molecule has 61 heavy (non-hydrogen) atoms. The van der Waals surface area contributed by atoms with E-state index >= 15 is 4.79 Å². The molecule has 6 N–H and O–H groups in total. The topological polar surface area (TPSA) is 228 Å². The van der Waals surface area contributed by atoms with Crippen LogP contribution in [0.25, 0.3) is 0 Å². The Balaban J connectivity index is 1.48. The van der Waals surface area contributed by atoms with Gasteiger partial charge < -0.3 is 36.4 Å². The van der Waals surface area contributed by atoms with Gasteiger partial charge in [0.05, 0.1) is 22.0 Å². The number of carbonyl (C=O) groups is 6. The van der Waals surface area contributed by atoms with Gasteiger partial charge in [-0.2, -0.15) is 0 Å². The lowest BCUT2D eigenvalue weighted by Gasteiger charge is -2.49. The number of hydrogen-bond donors (Lipinski definition) is 7. The second-order valence-electron chi connectivity index (χ2n) is 15.4. The quantitative estimate of drug-likeness (QED) is 0.0654. The molecule has 0 spiro atoms. The zero-order valence-electron chi connectivity index (χ0n) is 34.2. The number of nitrogens with one attached hydrogen (secondary N) is 4. The van der Waals surface area contributed by atoms with Crippen molar-refractivity contribution in [3.63, 3.8) is 0 Å². The van der Waals surface area contributed by atoms with Crippen molar-refractivity contribution in [2.24, 2.45) is 5.92 Å². The number of anilines is 1. The largest absolute Gasteiger partial charge is 0.481 e. The second kappa shape index (κ2) is 19.4. The molecule has 322 valence electrons. The minimum atomic E-state index is -4.12. The molecule has 2 aliphatic heterocycles. The third kappa shape index (κ3) is 10.5. The number of carbonyl (C=O) groups excluding carboxylic acids is 4. The van der Waals surface area contributed by atoms with Gasteiger partial charge >= 0.3 is 11.9 Å². The van der Waals surface area contributed by atoms with E-state index in [1.54, 1.807) is 32.5 Å². The first-order chi connectivity index (χ1) is 28.8. The smallest absolute Gasteiger partial charge is 0.305 e. The van der Waals surface area contributed by atoms with E-state index < -0.39 is 85.9 Å². The predicted octanol–water partition coefficient (Wildman–Crippen LogP) is 3.11. The van der Waals surface area contributed by atoms with E-state index in [0.717, 1.165) is 28.3 Å². The van der Waals surface area contributed by atoms with Crippen LogP contribution in [0.4, 0.5) is 5.69 Å². The summed E-state index contributed by atoms with van der Waals surface area (Å²) in [5.74, 6) is -5.85. The summed E-state index contributed by atoms with van der Waals surface area (Å²) in [6.07, 6.45) is 4.89. The van der Waals surface area contributed by atoms with Gasteiger partial charge in [-0.3, -0.25) is 28.8 Å². The first kappa shape index (κ1) is 46.4. The Morgan fingerprint density at radius 1 is 1.08 bits per heavy atom. The van der Waals surface area contributed by atoms with Gasteiger partial charge in [0.2, 0.25) is 27.6 Å². The van der Waals surface area contributed by atoms with E-state index in [4.69, 9.17) is 12.6 Å². The molecular weight excluding hydrogens is 839 g/mol. The maximum Gasteiger partial charge on any atom is 0.305 e. The Morgan fingerprint density at radius 3 is 2.46 bits per heavy atom. The summed E-state index contributed by atoms with van der Waals surface area (Å²) in [6, 6.07) is 9.32. The first-order valence-electron chi connectivity index (χ1n) is 19.7. The lowest BCUT2D eigenvalue weighted by molar-refractivity contribution is -0.149. The molecule has 0 saturated carbocycles. The van der Waals surface area contributed by atoms with Crippen LogP contribution >= 0.6 is 12.6 Å². The number of fused-ring (bicyclic) bond motifs is 2. The molecule has 15 nitrogen and oxygen atoms in total. The number of allylic oxidation sites excluding steroid dienone is 3. The molecular formula is C43H49N5O10S2Si. The molecule has 3 aliphatic rings. The van der Waals surface area contributed by atoms with Crippen molar-refractivity contribution in [1.29, 1.82) is 0 Å². The number of nitrogens with zero attached hydrogens (tertiary/aromatic N) is 1. The van der Waals surface area contributed by atoms with E-state index in [-0.39, 0.29) is 40.2 Å². The summed E-state index contributed by atoms with van der Waals surface area (Å²) in [5, 5.41) is 29.8. The van der Waals surface area contributed by atoms with Crippen molar-refractivity contribution >= 4 is 73.2 Å². The van der Waals surface area contributed by atoms with E-state index in [0.29, 0.717) is 24.0 Å². The molecule has 0 fully saturated rings. The van der Waals surface area contributed by atoms with Crippen LogP contribution in [-0.4, -0.2) is 98.5 Å². The van der Waals surface area contributed by atoms with Gasteiger partial charge in [0.25, 0.3) is 5.91 Å². The molecule has 4 amide bonds. The molecule has 0 saturated heterocycles. The number of rotatable bonds is 18. The number of aliphatic carboxylic acids is 2. The monoisotopic (exact) mass is 887 g/mol. The highest BCUT2D eigenvalue weighted by molar-refractivity contribution is 7.98. The third-order valence-corrected chi connectivity index (χ3v) is 14.6. The van der Waals surface area contributed by atoms with Gasteiger partial charge in [-0.25, -0.2) is 8.42 Å². The molecule has 5 rings (SSSR count). The third-order valence-electron chi connectivity index (χ3n) is 10.8. The Labute approximate surface area is 362 Å². The maximum absolute atomic E-state index is 15.3. The molecule has 5 atom stereocenters. The van der Waals surface area contributed by atoms with Crippen molar-refractivity contribution < 1.29 is 47.4 Å². The molecule has 1 unspecified atom stereocenters. The molecule has 2 aromatic rings. The number of amides is 4. The van der Waals surface area contributed by atoms with Crippen molar-refractivity contribution in [1.82, 2.24) is 20.9 Å². The summed E-state index contributed by atoms with van der Waals surface area (Å²) < 4.78 is 26.1. The number of carboxylic acids is 2. The van der Waals surface area contributed by atoms with Crippen LogP contribution in [0.2, 0.25) is 6.55 Å². The fourth-order valence-electron chi connectivity index (χ4n) is 7.55. The standard InChI is InChI=1S/C43H49N5O10S2Si/c1-26(2)42(61-4,47-39(54)34(15-10-16-36(49)50)46-38(53)35-24-29-11-8-9-14-33(29)45-35)41(56)48-21-19-28-23-27(3)17-18-32(28)43(48,59)40(55)44-30(25-37(51)52)20-22-60(57,58)31-12-6-5-7-13-31/h5-6,8-9,11-12,14,17-18,20,22-23,26,30,34-35,45,59H,10,15-16,19,21,24-25H2,1-4H3,(H,44,55)(H,46,53)(H,47,54)(H,49,50)(H,51,52)/b22-20+/t30-,34+,35?,42+,43-/m1/s1. The van der Waals surface area contributed by atoms with Gasteiger partial charge in [-0.05, 0) is 73.3 Å². The number of hydrogen-bond acceptors (Lipinski definition) is 10. The molecule has 2 aromatic carbocycles. The Bertz CT molecular complexity index is 2360. The van der Waals surface area contributed by atoms with Gasteiger partial charge in [-0.15, -0.1) is 12.6 Å². The summed E-state index contributed by atoms with van der Waals surface area (Å²) >= 11 is 4.96. The number of thiol groups is 1. The number of carboxylic acid groups (broad SMARTS) is 2. The molecule has 0 bridgehead atoms. The predicted molar refractivity (Wildman–Crippen MR) is 232 cm³/mol. The minimum absolute atomic E-state index is 0.0423. The summed E-state index contributed by atoms with van der Waals surface area (Å²) in [4.78, 5) is 80.5. The highest BCUT2D eigenvalue weighted by Gasteiger charge is 2.55. The van der Waals surface area contributed by atoms with Crippen LogP contribution < -0.4 is 21.3 Å². The second-order valence-corrected chi connectivity index (χ2v) is 19.1. The van der Waals surface area contributed by atoms with Crippen molar-refractivity contribution in [2.45, 2.75) is 94.0 Å². The summed E-state index contributed by atoms with van der Waals surface area (Å²) in [6.45, 7) is 6.97.